The van der Waals surface area contributed by atoms with Crippen LogP contribution >= 0.6 is 22.9 Å². The van der Waals surface area contributed by atoms with Crippen LogP contribution in [0.25, 0.3) is 0 Å². The number of esters is 1. The van der Waals surface area contributed by atoms with E-state index in [9.17, 15) is 24.5 Å². The van der Waals surface area contributed by atoms with Gasteiger partial charge in [-0.2, -0.15) is 0 Å². The molecule has 1 heterocycles. The van der Waals surface area contributed by atoms with E-state index in [0.717, 1.165) is 10.9 Å². The molecule has 0 unspecified atom stereocenters. The highest BCUT2D eigenvalue weighted by Gasteiger charge is 2.18. The summed E-state index contributed by atoms with van der Waals surface area (Å²) < 4.78 is 4.84. The summed E-state index contributed by atoms with van der Waals surface area (Å²) in [4.78, 5) is 48.2. The maximum absolute atomic E-state index is 12.0. The number of benzene rings is 1. The van der Waals surface area contributed by atoms with Gasteiger partial charge in [-0.3, -0.25) is 24.5 Å². The molecule has 0 fully saturated rings. The maximum Gasteiger partial charge on any atom is 0.325 e. The van der Waals surface area contributed by atoms with Crippen LogP contribution in [-0.4, -0.2) is 47.8 Å². The van der Waals surface area contributed by atoms with Crippen LogP contribution in [0.2, 0.25) is 5.02 Å². The van der Waals surface area contributed by atoms with E-state index < -0.39 is 35.6 Å². The topological polar surface area (TPSA) is 119 Å². The molecule has 0 saturated carbocycles. The van der Waals surface area contributed by atoms with Gasteiger partial charge in [0.25, 0.3) is 17.5 Å². The van der Waals surface area contributed by atoms with E-state index in [1.54, 1.807) is 7.05 Å². The maximum atomic E-state index is 12.0. The molecule has 11 heteroatoms. The SMILES string of the molecule is CN(Cc1cccs1)C(=O)COC(=O)CNC(=O)c1ccc(Cl)c([N+](=O)[O-])c1. The smallest absolute Gasteiger partial charge is 0.325 e. The number of hydrogen-bond acceptors (Lipinski definition) is 7. The lowest BCUT2D eigenvalue weighted by Crippen LogP contribution is -2.34. The highest BCUT2D eigenvalue weighted by Crippen LogP contribution is 2.24. The third kappa shape index (κ3) is 6.03. The van der Waals surface area contributed by atoms with E-state index in [0.29, 0.717) is 6.54 Å². The second-order valence-corrected chi connectivity index (χ2v) is 7.04. The monoisotopic (exact) mass is 425 g/mol. The average Bonchev–Trinajstić information content (AvgIpc) is 3.17. The molecule has 0 radical (unpaired) electrons. The molecule has 0 atom stereocenters. The lowest BCUT2D eigenvalue weighted by atomic mass is 10.2. The van der Waals surface area contributed by atoms with Crippen molar-refractivity contribution in [3.05, 3.63) is 61.3 Å². The number of thiophene rings is 1. The molecule has 0 aliphatic rings. The molecule has 148 valence electrons. The van der Waals surface area contributed by atoms with E-state index in [4.69, 9.17) is 16.3 Å². The van der Waals surface area contributed by atoms with Crippen LogP contribution in [0.1, 0.15) is 15.2 Å². The number of rotatable bonds is 8. The van der Waals surface area contributed by atoms with Gasteiger partial charge < -0.3 is 15.0 Å². The third-order valence-corrected chi connectivity index (χ3v) is 4.73. The van der Waals surface area contributed by atoms with Crippen LogP contribution in [0.15, 0.2) is 35.7 Å². The summed E-state index contributed by atoms with van der Waals surface area (Å²) in [5.41, 5.74) is -0.452. The second kappa shape index (κ2) is 9.81. The summed E-state index contributed by atoms with van der Waals surface area (Å²) >= 11 is 7.19. The average molecular weight is 426 g/mol. The second-order valence-electron chi connectivity index (χ2n) is 5.60. The molecule has 2 aromatic rings. The molecule has 0 spiro atoms. The van der Waals surface area contributed by atoms with E-state index >= 15 is 0 Å². The van der Waals surface area contributed by atoms with Crippen molar-refractivity contribution in [2.24, 2.45) is 0 Å². The zero-order valence-corrected chi connectivity index (χ0v) is 16.3. The van der Waals surface area contributed by atoms with Crippen molar-refractivity contribution in [2.45, 2.75) is 6.54 Å². The molecular weight excluding hydrogens is 410 g/mol. The minimum absolute atomic E-state index is 0.0318. The number of carbonyl (C=O) groups is 3. The number of amides is 2. The number of carbonyl (C=O) groups excluding carboxylic acids is 3. The Hall–Kier alpha value is -2.98. The van der Waals surface area contributed by atoms with Gasteiger partial charge in [-0.05, 0) is 23.6 Å². The Morgan fingerprint density at radius 2 is 2.07 bits per heavy atom. The van der Waals surface area contributed by atoms with Crippen LogP contribution in [0.4, 0.5) is 5.69 Å². The predicted molar refractivity (Wildman–Crippen MR) is 102 cm³/mol. The number of nitrogens with zero attached hydrogens (tertiary/aromatic N) is 2. The van der Waals surface area contributed by atoms with Crippen molar-refractivity contribution in [1.82, 2.24) is 10.2 Å². The summed E-state index contributed by atoms with van der Waals surface area (Å²) in [6, 6.07) is 7.27. The van der Waals surface area contributed by atoms with E-state index in [1.807, 2.05) is 17.5 Å². The van der Waals surface area contributed by atoms with Crippen LogP contribution in [0, 0.1) is 10.1 Å². The van der Waals surface area contributed by atoms with Gasteiger partial charge in [0, 0.05) is 23.6 Å². The van der Waals surface area contributed by atoms with Crippen LogP contribution in [0.5, 0.6) is 0 Å². The number of nitrogens with one attached hydrogen (secondary N) is 1. The van der Waals surface area contributed by atoms with Crippen molar-refractivity contribution in [1.29, 1.82) is 0 Å². The summed E-state index contributed by atoms with van der Waals surface area (Å²) in [5, 5.41) is 14.9. The number of nitro groups is 1. The predicted octanol–water partition coefficient (Wildman–Crippen LogP) is 2.24. The molecule has 0 bridgehead atoms. The fraction of sp³-hybridized carbons (Fsp3) is 0.235. The van der Waals surface area contributed by atoms with E-state index in [1.165, 1.54) is 28.4 Å². The molecule has 9 nitrogen and oxygen atoms in total. The van der Waals surface area contributed by atoms with Crippen molar-refractivity contribution >= 4 is 46.4 Å². The number of halogens is 1. The van der Waals surface area contributed by atoms with E-state index in [2.05, 4.69) is 5.32 Å². The Balaban J connectivity index is 1.79. The molecule has 2 amide bonds. The lowest BCUT2D eigenvalue weighted by Gasteiger charge is -2.16. The number of likely N-dealkylation sites (N-methyl/N-ethyl adjacent to an activating group) is 1. The normalized spacial score (nSPS) is 10.2. The van der Waals surface area contributed by atoms with Gasteiger partial charge in [0.05, 0.1) is 11.5 Å². The van der Waals surface area contributed by atoms with Crippen LogP contribution < -0.4 is 5.32 Å². The Morgan fingerprint density at radius 3 is 2.71 bits per heavy atom. The van der Waals surface area contributed by atoms with Gasteiger partial charge in [0.15, 0.2) is 6.61 Å². The first-order valence-electron chi connectivity index (χ1n) is 7.92. The molecule has 0 aliphatic heterocycles. The van der Waals surface area contributed by atoms with Crippen molar-refractivity contribution in [3.8, 4) is 0 Å². The van der Waals surface area contributed by atoms with Crippen molar-refractivity contribution in [3.63, 3.8) is 0 Å². The number of ether oxygens (including phenoxy) is 1. The summed E-state index contributed by atoms with van der Waals surface area (Å²) in [6.45, 7) is -0.541. The molecule has 1 N–H and O–H groups in total. The highest BCUT2D eigenvalue weighted by molar-refractivity contribution is 7.09. The van der Waals surface area contributed by atoms with Gasteiger partial charge >= 0.3 is 5.97 Å². The first-order chi connectivity index (χ1) is 13.3. The molecule has 2 rings (SSSR count). The van der Waals surface area contributed by atoms with Gasteiger partial charge in [-0.25, -0.2) is 0 Å². The first-order valence-corrected chi connectivity index (χ1v) is 9.17. The van der Waals surface area contributed by atoms with E-state index in [-0.39, 0.29) is 16.5 Å². The summed E-state index contributed by atoms with van der Waals surface area (Å²) in [6.07, 6.45) is 0. The Bertz CT molecular complexity index is 887. The fourth-order valence-electron chi connectivity index (χ4n) is 2.08. The molecule has 0 saturated heterocycles. The van der Waals surface area contributed by atoms with Gasteiger partial charge in [0.2, 0.25) is 0 Å². The highest BCUT2D eigenvalue weighted by atomic mass is 35.5. The van der Waals surface area contributed by atoms with Crippen LogP contribution in [-0.2, 0) is 20.9 Å². The standard InChI is InChI=1S/C17H16ClN3O6S/c1-20(9-12-3-2-6-28-12)15(22)10-27-16(23)8-19-17(24)11-4-5-13(18)14(7-11)21(25)26/h2-7H,8-10H2,1H3,(H,19,24). The molecular formula is C17H16ClN3O6S. The quantitative estimate of drug-likeness (QED) is 0.393. The zero-order valence-electron chi connectivity index (χ0n) is 14.7. The van der Waals surface area contributed by atoms with Gasteiger partial charge in [0.1, 0.15) is 11.6 Å². The molecule has 1 aromatic carbocycles. The Kier molecular flexibility index (Phi) is 7.47. The van der Waals surface area contributed by atoms with Gasteiger partial charge in [-0.15, -0.1) is 11.3 Å². The molecule has 0 aliphatic carbocycles. The largest absolute Gasteiger partial charge is 0.454 e. The third-order valence-electron chi connectivity index (χ3n) is 3.55. The summed E-state index contributed by atoms with van der Waals surface area (Å²) in [5.74, 6) is -1.91. The van der Waals surface area contributed by atoms with Crippen molar-refractivity contribution in [2.75, 3.05) is 20.2 Å². The lowest BCUT2D eigenvalue weighted by molar-refractivity contribution is -0.384. The first kappa shape index (κ1) is 21.3. The molecule has 1 aromatic heterocycles. The summed E-state index contributed by atoms with van der Waals surface area (Å²) in [7, 11) is 1.59. The minimum Gasteiger partial charge on any atom is -0.454 e. The zero-order chi connectivity index (χ0) is 20.7. The Labute approximate surface area is 169 Å². The van der Waals surface area contributed by atoms with Crippen LogP contribution in [0.3, 0.4) is 0 Å². The van der Waals surface area contributed by atoms with Gasteiger partial charge in [-0.1, -0.05) is 17.7 Å². The number of nitro benzene ring substituents is 1. The minimum atomic E-state index is -0.810. The fourth-order valence-corrected chi connectivity index (χ4v) is 3.02. The Morgan fingerprint density at radius 1 is 1.32 bits per heavy atom. The number of hydrogen-bond donors (Lipinski definition) is 1. The van der Waals surface area contributed by atoms with Crippen molar-refractivity contribution < 1.29 is 24.0 Å². The molecule has 28 heavy (non-hydrogen) atoms.